The molecule has 1 heterocycles. The molecule has 5 aliphatic rings. The van der Waals surface area contributed by atoms with Crippen LogP contribution in [0.5, 0.6) is 0 Å². The Morgan fingerprint density at radius 3 is 1.96 bits per heavy atom. The van der Waals surface area contributed by atoms with Crippen LogP contribution < -0.4 is 0 Å². The highest BCUT2D eigenvalue weighted by molar-refractivity contribution is 6.50. The van der Waals surface area contributed by atoms with Crippen LogP contribution in [0.1, 0.15) is 85.6 Å². The first-order valence-corrected chi connectivity index (χ1v) is 11.5. The van der Waals surface area contributed by atoms with Gasteiger partial charge in [0.25, 0.3) is 0 Å². The average molecular weight is 380 g/mol. The maximum Gasteiger partial charge on any atom is 0.464 e. The first-order valence-electron chi connectivity index (χ1n) is 11.5. The van der Waals surface area contributed by atoms with Gasteiger partial charge in [0.2, 0.25) is 0 Å². The van der Waals surface area contributed by atoms with Crippen molar-refractivity contribution in [3.8, 4) is 0 Å². The van der Waals surface area contributed by atoms with Crippen molar-refractivity contribution in [2.24, 2.45) is 17.3 Å². The first kappa shape index (κ1) is 19.2. The normalized spacial score (nSPS) is 38.9. The molecule has 0 radical (unpaired) electrons. The standard InChI is InChI=1S/C25H37BO2/c1-21(2,26-27-22(3,4)23(5,6)28-26)25-16-24(17-25,19-14-8-7-9-15-19)20(25)18-12-10-11-13-18/h7-9,14-15,18,20H,10-13,16-17H2,1-6H3. The lowest BCUT2D eigenvalue weighted by molar-refractivity contribution is -0.267. The van der Waals surface area contributed by atoms with E-state index in [2.05, 4.69) is 71.9 Å². The smallest absolute Gasteiger partial charge is 0.403 e. The summed E-state index contributed by atoms with van der Waals surface area (Å²) in [4.78, 5) is 0. The van der Waals surface area contributed by atoms with Gasteiger partial charge in [-0.1, -0.05) is 69.9 Å². The number of benzene rings is 1. The molecule has 1 unspecified atom stereocenters. The van der Waals surface area contributed by atoms with Crippen molar-refractivity contribution in [3.63, 3.8) is 0 Å². The summed E-state index contributed by atoms with van der Waals surface area (Å²) >= 11 is 0. The molecule has 1 aromatic rings. The zero-order valence-corrected chi connectivity index (χ0v) is 18.7. The van der Waals surface area contributed by atoms with E-state index in [0.29, 0.717) is 10.8 Å². The predicted octanol–water partition coefficient (Wildman–Crippen LogP) is 6.40. The van der Waals surface area contributed by atoms with E-state index in [1.54, 1.807) is 5.56 Å². The van der Waals surface area contributed by atoms with Gasteiger partial charge in [-0.3, -0.25) is 0 Å². The molecule has 1 atom stereocenters. The molecule has 0 aromatic heterocycles. The van der Waals surface area contributed by atoms with E-state index >= 15 is 0 Å². The van der Waals surface area contributed by atoms with Crippen molar-refractivity contribution in [3.05, 3.63) is 35.9 Å². The summed E-state index contributed by atoms with van der Waals surface area (Å²) < 4.78 is 13.2. The van der Waals surface area contributed by atoms with Crippen LogP contribution in [0.3, 0.4) is 0 Å². The Labute approximate surface area is 171 Å². The summed E-state index contributed by atoms with van der Waals surface area (Å²) in [5.74, 6) is 1.67. The molecule has 0 spiro atoms. The monoisotopic (exact) mass is 380 g/mol. The summed E-state index contributed by atoms with van der Waals surface area (Å²) in [6.07, 6.45) is 8.28. The molecule has 6 rings (SSSR count). The van der Waals surface area contributed by atoms with E-state index in [1.807, 2.05) is 0 Å². The molecular formula is C25H37BO2. The highest BCUT2D eigenvalue weighted by Gasteiger charge is 2.83. The summed E-state index contributed by atoms with van der Waals surface area (Å²) in [6, 6.07) is 11.4. The van der Waals surface area contributed by atoms with Gasteiger partial charge in [0.1, 0.15) is 0 Å². The topological polar surface area (TPSA) is 18.5 Å². The lowest BCUT2D eigenvalue weighted by atomic mass is 9.17. The molecule has 152 valence electrons. The molecule has 0 amide bonds. The highest BCUT2D eigenvalue weighted by Crippen LogP contribution is 2.87. The molecule has 2 nitrogen and oxygen atoms in total. The Morgan fingerprint density at radius 1 is 0.893 bits per heavy atom. The second-order valence-corrected chi connectivity index (χ2v) is 11.9. The van der Waals surface area contributed by atoms with Gasteiger partial charge in [0.05, 0.1) is 11.2 Å². The third-order valence-electron chi connectivity index (χ3n) is 9.80. The summed E-state index contributed by atoms with van der Waals surface area (Å²) in [6.45, 7) is 13.6. The van der Waals surface area contributed by atoms with Crippen LogP contribution in [0, 0.1) is 17.3 Å². The SMILES string of the molecule is CC1(C)OB(C(C)(C)C23CC(c4ccccc4)(C2)C3C2CCCC2)OC1(C)C. The molecular weight excluding hydrogens is 343 g/mol. The molecule has 5 fully saturated rings. The van der Waals surface area contributed by atoms with Gasteiger partial charge < -0.3 is 9.31 Å². The molecule has 2 bridgehead atoms. The summed E-state index contributed by atoms with van der Waals surface area (Å²) in [5, 5.41) is 0.0296. The lowest BCUT2D eigenvalue weighted by Crippen LogP contribution is -2.79. The van der Waals surface area contributed by atoms with Crippen LogP contribution in [0.25, 0.3) is 0 Å². The quantitative estimate of drug-likeness (QED) is 0.563. The maximum absolute atomic E-state index is 6.60. The average Bonchev–Trinajstić information content (AvgIpc) is 3.12. The van der Waals surface area contributed by atoms with Crippen molar-refractivity contribution in [2.45, 2.75) is 102 Å². The minimum Gasteiger partial charge on any atom is -0.403 e. The summed E-state index contributed by atoms with van der Waals surface area (Å²) in [7, 11) is -0.115. The van der Waals surface area contributed by atoms with Crippen molar-refractivity contribution in [1.82, 2.24) is 0 Å². The largest absolute Gasteiger partial charge is 0.464 e. The third-order valence-corrected chi connectivity index (χ3v) is 9.80. The Balaban J connectivity index is 1.48. The minimum atomic E-state index is -0.252. The number of hydrogen-bond acceptors (Lipinski definition) is 2. The molecule has 1 aromatic carbocycles. The Morgan fingerprint density at radius 2 is 1.43 bits per heavy atom. The van der Waals surface area contributed by atoms with Gasteiger partial charge in [-0.15, -0.1) is 0 Å². The molecule has 0 N–H and O–H groups in total. The fourth-order valence-electron chi connectivity index (χ4n) is 7.36. The van der Waals surface area contributed by atoms with Gasteiger partial charge in [0, 0.05) is 5.31 Å². The fourth-order valence-corrected chi connectivity index (χ4v) is 7.36. The zero-order valence-electron chi connectivity index (χ0n) is 18.7. The third kappa shape index (κ3) is 2.19. The Hall–Kier alpha value is -0.795. The van der Waals surface area contributed by atoms with Gasteiger partial charge in [-0.05, 0) is 68.8 Å². The fraction of sp³-hybridized carbons (Fsp3) is 0.760. The second-order valence-electron chi connectivity index (χ2n) is 11.9. The molecule has 1 saturated heterocycles. The maximum atomic E-state index is 6.60. The van der Waals surface area contributed by atoms with E-state index in [1.165, 1.54) is 38.5 Å². The van der Waals surface area contributed by atoms with Crippen molar-refractivity contribution >= 4 is 7.12 Å². The predicted molar refractivity (Wildman–Crippen MR) is 115 cm³/mol. The van der Waals surface area contributed by atoms with E-state index < -0.39 is 0 Å². The lowest BCUT2D eigenvalue weighted by Gasteiger charge is -2.83. The van der Waals surface area contributed by atoms with Gasteiger partial charge in [0.15, 0.2) is 0 Å². The Kier molecular flexibility index (Phi) is 3.88. The van der Waals surface area contributed by atoms with Crippen molar-refractivity contribution in [1.29, 1.82) is 0 Å². The molecule has 28 heavy (non-hydrogen) atoms. The molecule has 4 aliphatic carbocycles. The molecule has 1 aliphatic heterocycles. The molecule has 3 heteroatoms. The van der Waals surface area contributed by atoms with Gasteiger partial charge in [-0.2, -0.15) is 0 Å². The summed E-state index contributed by atoms with van der Waals surface area (Å²) in [5.41, 5.74) is 1.85. The number of rotatable bonds is 4. The van der Waals surface area contributed by atoms with Crippen LogP contribution in [-0.4, -0.2) is 18.3 Å². The van der Waals surface area contributed by atoms with Crippen LogP contribution in [-0.2, 0) is 14.7 Å². The van der Waals surface area contributed by atoms with E-state index in [-0.39, 0.29) is 23.6 Å². The van der Waals surface area contributed by atoms with Gasteiger partial charge in [-0.25, -0.2) is 0 Å². The van der Waals surface area contributed by atoms with Crippen LogP contribution in [0.2, 0.25) is 5.31 Å². The van der Waals surface area contributed by atoms with Crippen LogP contribution >= 0.6 is 0 Å². The Bertz CT molecular complexity index is 738. The van der Waals surface area contributed by atoms with E-state index in [9.17, 15) is 0 Å². The van der Waals surface area contributed by atoms with E-state index in [4.69, 9.17) is 9.31 Å². The number of hydrogen-bond donors (Lipinski definition) is 0. The van der Waals surface area contributed by atoms with Crippen LogP contribution in [0.15, 0.2) is 30.3 Å². The highest BCUT2D eigenvalue weighted by atomic mass is 16.7. The zero-order chi connectivity index (χ0) is 20.0. The van der Waals surface area contributed by atoms with Crippen molar-refractivity contribution in [2.75, 3.05) is 0 Å². The second kappa shape index (κ2) is 5.67. The van der Waals surface area contributed by atoms with Crippen LogP contribution in [0.4, 0.5) is 0 Å². The van der Waals surface area contributed by atoms with E-state index in [0.717, 1.165) is 11.8 Å². The molecule has 4 saturated carbocycles. The minimum absolute atomic E-state index is 0.0296. The van der Waals surface area contributed by atoms with Crippen molar-refractivity contribution < 1.29 is 9.31 Å². The first-order chi connectivity index (χ1) is 13.1. The van der Waals surface area contributed by atoms with Gasteiger partial charge >= 0.3 is 7.12 Å².